The highest BCUT2D eigenvalue weighted by Crippen LogP contribution is 2.04. The molecule has 0 amide bonds. The molecule has 1 rings (SSSR count). The van der Waals surface area contributed by atoms with E-state index < -0.39 is 0 Å². The Morgan fingerprint density at radius 2 is 2.09 bits per heavy atom. The van der Waals surface area contributed by atoms with Crippen LogP contribution in [0.2, 0.25) is 0 Å². The molecule has 0 N–H and O–H groups in total. The van der Waals surface area contributed by atoms with Crippen LogP contribution in [-0.4, -0.2) is 30.1 Å². The van der Waals surface area contributed by atoms with E-state index in [9.17, 15) is 0 Å². The molecule has 0 aromatic rings. The van der Waals surface area contributed by atoms with Crippen molar-refractivity contribution in [2.45, 2.75) is 19.8 Å². The fourth-order valence-electron chi connectivity index (χ4n) is 1.10. The summed E-state index contributed by atoms with van der Waals surface area (Å²) in [5.74, 6) is 0. The maximum absolute atomic E-state index is 2.34. The quantitative estimate of drug-likeness (QED) is 0.619. The van der Waals surface area contributed by atoms with Crippen LogP contribution in [0.1, 0.15) is 19.8 Å². The summed E-state index contributed by atoms with van der Waals surface area (Å²) in [6.45, 7) is 4.50. The van der Waals surface area contributed by atoms with E-state index >= 15 is 0 Å². The second-order valence-electron chi connectivity index (χ2n) is 2.86. The predicted molar refractivity (Wildman–Crippen MR) is 45.9 cm³/mol. The van der Waals surface area contributed by atoms with Crippen molar-refractivity contribution in [1.29, 1.82) is 0 Å². The highest BCUT2D eigenvalue weighted by Gasteiger charge is 2.05. The lowest BCUT2D eigenvalue weighted by Gasteiger charge is -2.17. The Morgan fingerprint density at radius 3 is 2.55 bits per heavy atom. The molecule has 0 radical (unpaired) electrons. The Morgan fingerprint density at radius 1 is 1.36 bits per heavy atom. The van der Waals surface area contributed by atoms with Gasteiger partial charge in [-0.05, 0) is 6.42 Å². The Hall–Kier alpha value is -0.730. The smallest absolute Gasteiger partial charge is 0.0890 e. The molecule has 0 saturated heterocycles. The fourth-order valence-corrected chi connectivity index (χ4v) is 1.10. The predicted octanol–water partition coefficient (Wildman–Crippen LogP) is 1.62. The molecule has 1 aliphatic heterocycles. The molecule has 0 spiro atoms. The van der Waals surface area contributed by atoms with E-state index in [1.54, 1.807) is 0 Å². The fraction of sp³-hybridized carbons (Fsp3) is 0.750. The Labute approximate surface area is 67.8 Å². The van der Waals surface area contributed by atoms with E-state index in [4.69, 9.17) is 0 Å². The number of halogens is 1. The van der Waals surface area contributed by atoms with Crippen LogP contribution in [0.5, 0.6) is 0 Å². The summed E-state index contributed by atoms with van der Waals surface area (Å²) >= 11 is 0. The third-order valence-electron chi connectivity index (χ3n) is 1.74. The Bertz CT molecular complexity index is 125. The van der Waals surface area contributed by atoms with Gasteiger partial charge in [0.05, 0.1) is 6.67 Å². The first kappa shape index (κ1) is 10.3. The van der Waals surface area contributed by atoms with Gasteiger partial charge in [0.25, 0.3) is 0 Å². The average Bonchev–Trinajstić information content (AvgIpc) is 2.31. The highest BCUT2D eigenvalue weighted by atomic mass is 19.0. The van der Waals surface area contributed by atoms with E-state index in [1.165, 1.54) is 19.4 Å². The molecule has 0 unspecified atom stereocenters. The zero-order chi connectivity index (χ0) is 7.40. The van der Waals surface area contributed by atoms with Gasteiger partial charge >= 0.3 is 0 Å². The monoisotopic (exact) mass is 160 g/mol. The van der Waals surface area contributed by atoms with E-state index in [0.29, 0.717) is 0 Å². The summed E-state index contributed by atoms with van der Waals surface area (Å²) in [5, 5.41) is 0. The molecular weight excluding hydrogens is 143 g/mol. The minimum absolute atomic E-state index is 0. The summed E-state index contributed by atoms with van der Waals surface area (Å²) in [5.41, 5.74) is 0. The van der Waals surface area contributed by atoms with Gasteiger partial charge in [-0.25, -0.2) is 0 Å². The minimum atomic E-state index is 0. The van der Waals surface area contributed by atoms with Crippen LogP contribution in [0.25, 0.3) is 0 Å². The second kappa shape index (κ2) is 4.99. The van der Waals surface area contributed by atoms with Crippen molar-refractivity contribution in [2.75, 3.05) is 20.3 Å². The largest absolute Gasteiger partial charge is 0.362 e. The van der Waals surface area contributed by atoms with E-state index in [-0.39, 0.29) is 4.70 Å². The first-order chi connectivity index (χ1) is 4.83. The molecule has 3 heteroatoms. The van der Waals surface area contributed by atoms with E-state index in [1.807, 2.05) is 0 Å². The van der Waals surface area contributed by atoms with Crippen molar-refractivity contribution >= 4 is 0 Å². The van der Waals surface area contributed by atoms with Gasteiger partial charge in [-0.2, -0.15) is 0 Å². The summed E-state index contributed by atoms with van der Waals surface area (Å²) in [4.78, 5) is 4.53. The summed E-state index contributed by atoms with van der Waals surface area (Å²) < 4.78 is 0. The lowest BCUT2D eigenvalue weighted by Crippen LogP contribution is -2.23. The minimum Gasteiger partial charge on any atom is -0.362 e. The lowest BCUT2D eigenvalue weighted by atomic mass is 10.3. The van der Waals surface area contributed by atoms with Crippen molar-refractivity contribution in [3.63, 3.8) is 0 Å². The summed E-state index contributed by atoms with van der Waals surface area (Å²) in [7, 11) is 2.10. The van der Waals surface area contributed by atoms with Gasteiger partial charge in [0, 0.05) is 26.0 Å². The van der Waals surface area contributed by atoms with Crippen LogP contribution in [0, 0.1) is 0 Å². The Kier molecular flexibility index (Phi) is 4.66. The number of unbranched alkanes of at least 4 members (excludes halogenated alkanes) is 1. The molecule has 0 fully saturated rings. The molecule has 1 aliphatic rings. The first-order valence-electron chi connectivity index (χ1n) is 3.95. The van der Waals surface area contributed by atoms with Gasteiger partial charge in [-0.15, -0.1) is 0 Å². The van der Waals surface area contributed by atoms with Crippen LogP contribution in [-0.2, 0) is 0 Å². The zero-order valence-corrected chi connectivity index (χ0v) is 7.29. The van der Waals surface area contributed by atoms with Crippen LogP contribution < -0.4 is 0 Å². The third-order valence-corrected chi connectivity index (χ3v) is 1.74. The molecule has 1 heterocycles. The van der Waals surface area contributed by atoms with Gasteiger partial charge in [-0.3, -0.25) is 4.70 Å². The van der Waals surface area contributed by atoms with E-state index in [0.717, 1.165) is 6.67 Å². The maximum Gasteiger partial charge on any atom is 0.0890 e. The van der Waals surface area contributed by atoms with E-state index in [2.05, 4.69) is 36.2 Å². The molecule has 2 nitrogen and oxygen atoms in total. The van der Waals surface area contributed by atoms with Crippen LogP contribution >= 0.6 is 0 Å². The highest BCUT2D eigenvalue weighted by molar-refractivity contribution is 4.88. The topological polar surface area (TPSA) is 6.48 Å². The van der Waals surface area contributed by atoms with Crippen LogP contribution in [0.3, 0.4) is 0 Å². The molecule has 66 valence electrons. The second-order valence-corrected chi connectivity index (χ2v) is 2.86. The van der Waals surface area contributed by atoms with Gasteiger partial charge in [0.1, 0.15) is 0 Å². The van der Waals surface area contributed by atoms with Gasteiger partial charge < -0.3 is 9.80 Å². The molecule has 0 aliphatic carbocycles. The van der Waals surface area contributed by atoms with Crippen molar-refractivity contribution in [1.82, 2.24) is 9.80 Å². The summed E-state index contributed by atoms with van der Waals surface area (Å²) in [6.07, 6.45) is 6.87. The number of rotatable bonds is 3. The molecule has 0 bridgehead atoms. The van der Waals surface area contributed by atoms with Crippen molar-refractivity contribution < 1.29 is 4.70 Å². The van der Waals surface area contributed by atoms with Crippen LogP contribution in [0.15, 0.2) is 12.4 Å². The number of nitrogens with zero attached hydrogens (tertiary/aromatic N) is 2. The number of hydrogen-bond acceptors (Lipinski definition) is 2. The van der Waals surface area contributed by atoms with Crippen molar-refractivity contribution in [2.24, 2.45) is 0 Å². The average molecular weight is 160 g/mol. The molecular formula is C8H17FN2. The molecule has 0 atom stereocenters. The third kappa shape index (κ3) is 3.25. The summed E-state index contributed by atoms with van der Waals surface area (Å²) in [6, 6.07) is 0. The van der Waals surface area contributed by atoms with Gasteiger partial charge in [0.15, 0.2) is 0 Å². The number of hydrogen-bond donors (Lipinski definition) is 0. The van der Waals surface area contributed by atoms with Gasteiger partial charge in [-0.1, -0.05) is 13.3 Å². The van der Waals surface area contributed by atoms with Crippen molar-refractivity contribution in [3.05, 3.63) is 12.4 Å². The van der Waals surface area contributed by atoms with Crippen molar-refractivity contribution in [3.8, 4) is 0 Å². The first-order valence-corrected chi connectivity index (χ1v) is 3.95. The maximum atomic E-state index is 2.34. The molecule has 0 aromatic heterocycles. The normalized spacial score (nSPS) is 15.5. The molecule has 11 heavy (non-hydrogen) atoms. The molecule has 0 aromatic carbocycles. The lowest BCUT2D eigenvalue weighted by molar-refractivity contribution is 0.293. The standard InChI is InChI=1S/C8H16N2.FH/c1-3-4-5-10-7-6-9(2)8-10;/h6-7H,3-5,8H2,1-2H3;1H. The Balaban J connectivity index is 0.000001000. The SMILES string of the molecule is CCCCN1C=CN(C)C1.F. The zero-order valence-electron chi connectivity index (χ0n) is 7.29. The van der Waals surface area contributed by atoms with Gasteiger partial charge in [0.2, 0.25) is 0 Å². The molecule has 0 saturated carbocycles. The van der Waals surface area contributed by atoms with Crippen LogP contribution in [0.4, 0.5) is 4.70 Å².